The third-order valence-corrected chi connectivity index (χ3v) is 2.75. The van der Waals surface area contributed by atoms with Crippen molar-refractivity contribution in [3.8, 4) is 0 Å². The van der Waals surface area contributed by atoms with E-state index >= 15 is 0 Å². The zero-order chi connectivity index (χ0) is 9.14. The highest BCUT2D eigenvalue weighted by molar-refractivity contribution is 9.10. The molecule has 0 saturated heterocycles. The minimum Gasteiger partial charge on any atom is -0.310 e. The molecular weight excluding hydrogens is 218 g/mol. The highest BCUT2D eigenvalue weighted by atomic mass is 79.9. The normalized spacial score (nSPS) is 12.9. The SMILES string of the molecule is C=CC(NC)c1cnn(C)c1Br. The quantitative estimate of drug-likeness (QED) is 0.800. The topological polar surface area (TPSA) is 29.9 Å². The van der Waals surface area contributed by atoms with E-state index in [4.69, 9.17) is 0 Å². The molecular formula is C8H12BrN3. The first-order chi connectivity index (χ1) is 5.70. The summed E-state index contributed by atoms with van der Waals surface area (Å²) >= 11 is 3.45. The Morgan fingerprint density at radius 1 is 1.83 bits per heavy atom. The molecule has 1 aromatic rings. The van der Waals surface area contributed by atoms with Gasteiger partial charge in [0.2, 0.25) is 0 Å². The van der Waals surface area contributed by atoms with Crippen LogP contribution < -0.4 is 5.32 Å². The molecule has 0 radical (unpaired) electrons. The van der Waals surface area contributed by atoms with Crippen molar-refractivity contribution in [2.45, 2.75) is 6.04 Å². The van der Waals surface area contributed by atoms with Crippen LogP contribution in [0.4, 0.5) is 0 Å². The Morgan fingerprint density at radius 2 is 2.50 bits per heavy atom. The van der Waals surface area contributed by atoms with Crippen molar-refractivity contribution in [1.82, 2.24) is 15.1 Å². The highest BCUT2D eigenvalue weighted by Gasteiger charge is 2.11. The Kier molecular flexibility index (Phi) is 3.05. The summed E-state index contributed by atoms with van der Waals surface area (Å²) in [4.78, 5) is 0. The van der Waals surface area contributed by atoms with Crippen LogP contribution in [0.2, 0.25) is 0 Å². The summed E-state index contributed by atoms with van der Waals surface area (Å²) in [5.74, 6) is 0. The van der Waals surface area contributed by atoms with Crippen molar-refractivity contribution < 1.29 is 0 Å². The second-order valence-corrected chi connectivity index (χ2v) is 3.27. The summed E-state index contributed by atoms with van der Waals surface area (Å²) in [6, 6.07) is 0.160. The van der Waals surface area contributed by atoms with Crippen LogP contribution in [0.15, 0.2) is 23.5 Å². The van der Waals surface area contributed by atoms with Crippen molar-refractivity contribution in [2.75, 3.05) is 7.05 Å². The van der Waals surface area contributed by atoms with Gasteiger partial charge in [-0.2, -0.15) is 5.10 Å². The summed E-state index contributed by atoms with van der Waals surface area (Å²) in [5, 5.41) is 7.24. The third kappa shape index (κ3) is 1.59. The number of nitrogens with zero attached hydrogens (tertiary/aromatic N) is 2. The van der Waals surface area contributed by atoms with Crippen LogP contribution in [0.25, 0.3) is 0 Å². The number of nitrogens with one attached hydrogen (secondary N) is 1. The van der Waals surface area contributed by atoms with Crippen molar-refractivity contribution in [3.05, 3.63) is 29.0 Å². The van der Waals surface area contributed by atoms with Gasteiger partial charge in [-0.3, -0.25) is 4.68 Å². The van der Waals surface area contributed by atoms with E-state index in [-0.39, 0.29) is 6.04 Å². The molecule has 0 bridgehead atoms. The van der Waals surface area contributed by atoms with Crippen LogP contribution in [-0.4, -0.2) is 16.8 Å². The van der Waals surface area contributed by atoms with Gasteiger partial charge in [0.05, 0.1) is 12.2 Å². The fraction of sp³-hybridized carbons (Fsp3) is 0.375. The number of halogens is 1. The van der Waals surface area contributed by atoms with Crippen LogP contribution >= 0.6 is 15.9 Å². The monoisotopic (exact) mass is 229 g/mol. The Bertz CT molecular complexity index is 280. The van der Waals surface area contributed by atoms with Crippen LogP contribution in [-0.2, 0) is 7.05 Å². The van der Waals surface area contributed by atoms with Gasteiger partial charge in [-0.15, -0.1) is 6.58 Å². The lowest BCUT2D eigenvalue weighted by Gasteiger charge is -2.08. The molecule has 0 spiro atoms. The molecule has 0 saturated carbocycles. The van der Waals surface area contributed by atoms with E-state index in [1.54, 1.807) is 4.68 Å². The summed E-state index contributed by atoms with van der Waals surface area (Å²) in [7, 11) is 3.79. The minimum atomic E-state index is 0.160. The van der Waals surface area contributed by atoms with E-state index in [9.17, 15) is 0 Å². The van der Waals surface area contributed by atoms with Gasteiger partial charge in [-0.1, -0.05) is 6.08 Å². The molecule has 1 aromatic heterocycles. The van der Waals surface area contributed by atoms with Gasteiger partial charge < -0.3 is 5.32 Å². The number of hydrogen-bond donors (Lipinski definition) is 1. The lowest BCUT2D eigenvalue weighted by atomic mass is 10.2. The summed E-state index contributed by atoms with van der Waals surface area (Å²) in [5.41, 5.74) is 1.11. The van der Waals surface area contributed by atoms with E-state index in [1.165, 1.54) is 0 Å². The third-order valence-electron chi connectivity index (χ3n) is 1.77. The van der Waals surface area contributed by atoms with Gasteiger partial charge in [-0.25, -0.2) is 0 Å². The maximum Gasteiger partial charge on any atom is 0.108 e. The predicted octanol–water partition coefficient (Wildman–Crippen LogP) is 1.63. The van der Waals surface area contributed by atoms with Crippen molar-refractivity contribution in [2.24, 2.45) is 7.05 Å². The molecule has 1 rings (SSSR count). The summed E-state index contributed by atoms with van der Waals surface area (Å²) < 4.78 is 2.77. The number of likely N-dealkylation sites (N-methyl/N-ethyl adjacent to an activating group) is 1. The van der Waals surface area contributed by atoms with Gasteiger partial charge in [0.25, 0.3) is 0 Å². The van der Waals surface area contributed by atoms with E-state index in [0.29, 0.717) is 0 Å². The summed E-state index contributed by atoms with van der Waals surface area (Å²) in [6.07, 6.45) is 3.68. The fourth-order valence-electron chi connectivity index (χ4n) is 1.05. The largest absolute Gasteiger partial charge is 0.310 e. The first-order valence-electron chi connectivity index (χ1n) is 3.68. The van der Waals surface area contributed by atoms with E-state index in [1.807, 2.05) is 26.4 Å². The molecule has 1 atom stereocenters. The smallest absolute Gasteiger partial charge is 0.108 e. The first kappa shape index (κ1) is 9.48. The van der Waals surface area contributed by atoms with Gasteiger partial charge >= 0.3 is 0 Å². The van der Waals surface area contributed by atoms with Crippen LogP contribution in [0.3, 0.4) is 0 Å². The second kappa shape index (κ2) is 3.87. The van der Waals surface area contributed by atoms with E-state index < -0.39 is 0 Å². The zero-order valence-corrected chi connectivity index (χ0v) is 8.80. The van der Waals surface area contributed by atoms with Gasteiger partial charge in [0.15, 0.2) is 0 Å². The van der Waals surface area contributed by atoms with Crippen LogP contribution in [0.1, 0.15) is 11.6 Å². The summed E-state index contributed by atoms with van der Waals surface area (Å²) in [6.45, 7) is 3.74. The molecule has 0 aliphatic heterocycles. The Morgan fingerprint density at radius 3 is 2.83 bits per heavy atom. The number of hydrogen-bond acceptors (Lipinski definition) is 2. The Labute approximate surface area is 80.6 Å². The Hall–Kier alpha value is -0.610. The fourth-order valence-corrected chi connectivity index (χ4v) is 1.49. The highest BCUT2D eigenvalue weighted by Crippen LogP contribution is 2.22. The van der Waals surface area contributed by atoms with Crippen molar-refractivity contribution in [1.29, 1.82) is 0 Å². The zero-order valence-electron chi connectivity index (χ0n) is 7.21. The number of rotatable bonds is 3. The van der Waals surface area contributed by atoms with Crippen molar-refractivity contribution >= 4 is 15.9 Å². The average Bonchev–Trinajstić information content (AvgIpc) is 2.38. The molecule has 0 aliphatic rings. The lowest BCUT2D eigenvalue weighted by molar-refractivity contribution is 0.704. The number of aromatic nitrogens is 2. The molecule has 0 fully saturated rings. The standard InChI is InChI=1S/C8H12BrN3/c1-4-7(10-2)6-5-11-12(3)8(6)9/h4-5,7,10H,1H2,2-3H3. The predicted molar refractivity (Wildman–Crippen MR) is 52.9 cm³/mol. The van der Waals surface area contributed by atoms with E-state index in [2.05, 4.69) is 32.9 Å². The molecule has 12 heavy (non-hydrogen) atoms. The van der Waals surface area contributed by atoms with Gasteiger partial charge in [0, 0.05) is 12.6 Å². The van der Waals surface area contributed by atoms with Crippen LogP contribution in [0, 0.1) is 0 Å². The maximum atomic E-state index is 4.11. The second-order valence-electron chi connectivity index (χ2n) is 2.52. The molecule has 1 N–H and O–H groups in total. The molecule has 66 valence electrons. The maximum absolute atomic E-state index is 4.11. The molecule has 0 amide bonds. The molecule has 3 nitrogen and oxygen atoms in total. The van der Waals surface area contributed by atoms with E-state index in [0.717, 1.165) is 10.2 Å². The van der Waals surface area contributed by atoms with Gasteiger partial charge in [0.1, 0.15) is 4.60 Å². The molecule has 1 heterocycles. The minimum absolute atomic E-state index is 0.160. The molecule has 0 aromatic carbocycles. The Balaban J connectivity index is 3.00. The van der Waals surface area contributed by atoms with Crippen molar-refractivity contribution in [3.63, 3.8) is 0 Å². The molecule has 4 heteroatoms. The average molecular weight is 230 g/mol. The van der Waals surface area contributed by atoms with Crippen LogP contribution in [0.5, 0.6) is 0 Å². The molecule has 1 unspecified atom stereocenters. The lowest BCUT2D eigenvalue weighted by Crippen LogP contribution is -2.13. The first-order valence-corrected chi connectivity index (χ1v) is 4.47. The molecule has 0 aliphatic carbocycles. The van der Waals surface area contributed by atoms with Gasteiger partial charge in [-0.05, 0) is 23.0 Å². The number of aryl methyl sites for hydroxylation is 1.